The van der Waals surface area contributed by atoms with Gasteiger partial charge in [0.2, 0.25) is 0 Å². The van der Waals surface area contributed by atoms with Crippen molar-refractivity contribution in [2.75, 3.05) is 25.2 Å². The van der Waals surface area contributed by atoms with Gasteiger partial charge < -0.3 is 10.5 Å². The summed E-state index contributed by atoms with van der Waals surface area (Å²) < 4.78 is 5.57. The van der Waals surface area contributed by atoms with Gasteiger partial charge in [-0.1, -0.05) is 19.3 Å². The van der Waals surface area contributed by atoms with Crippen LogP contribution < -0.4 is 5.73 Å². The first-order chi connectivity index (χ1) is 6.27. The average Bonchev–Trinajstić information content (AvgIpc) is 2.14. The zero-order valence-electron chi connectivity index (χ0n) is 8.55. The van der Waals surface area contributed by atoms with E-state index in [4.69, 9.17) is 10.5 Å². The van der Waals surface area contributed by atoms with Gasteiger partial charge in [0.05, 0.1) is 13.2 Å². The number of rotatable bonds is 5. The summed E-state index contributed by atoms with van der Waals surface area (Å²) in [4.78, 5) is 0. The van der Waals surface area contributed by atoms with E-state index in [1.165, 1.54) is 19.3 Å². The lowest BCUT2D eigenvalue weighted by Gasteiger charge is -2.32. The molecule has 0 aromatic carbocycles. The molecule has 0 aromatic rings. The summed E-state index contributed by atoms with van der Waals surface area (Å²) in [7, 11) is 0. The molecular formula is C10H21NOS. The Hall–Kier alpha value is 0.270. The van der Waals surface area contributed by atoms with Crippen molar-refractivity contribution in [1.29, 1.82) is 0 Å². The van der Waals surface area contributed by atoms with Crippen LogP contribution in [0.2, 0.25) is 0 Å². The van der Waals surface area contributed by atoms with Crippen molar-refractivity contribution < 1.29 is 4.74 Å². The Balaban J connectivity index is 2.10. The summed E-state index contributed by atoms with van der Waals surface area (Å²) in [6.07, 6.45) is 8.30. The van der Waals surface area contributed by atoms with E-state index in [1.54, 1.807) is 0 Å². The van der Waals surface area contributed by atoms with Crippen molar-refractivity contribution >= 4 is 11.8 Å². The first-order valence-corrected chi connectivity index (χ1v) is 6.52. The van der Waals surface area contributed by atoms with Crippen LogP contribution in [0, 0.1) is 0 Å². The summed E-state index contributed by atoms with van der Waals surface area (Å²) in [6, 6.07) is 0. The molecule has 0 amide bonds. The molecule has 1 aliphatic carbocycles. The maximum absolute atomic E-state index is 6.21. The summed E-state index contributed by atoms with van der Waals surface area (Å²) in [5.74, 6) is 1.08. The minimum atomic E-state index is -0.00332. The first-order valence-electron chi connectivity index (χ1n) is 5.12. The molecule has 0 aliphatic heterocycles. The van der Waals surface area contributed by atoms with E-state index in [-0.39, 0.29) is 5.54 Å². The van der Waals surface area contributed by atoms with Crippen LogP contribution in [0.4, 0.5) is 0 Å². The minimum absolute atomic E-state index is 0.00332. The number of nitrogens with two attached hydrogens (primary N) is 1. The van der Waals surface area contributed by atoms with E-state index in [0.717, 1.165) is 31.8 Å². The highest BCUT2D eigenvalue weighted by Crippen LogP contribution is 2.25. The lowest BCUT2D eigenvalue weighted by atomic mass is 9.83. The summed E-state index contributed by atoms with van der Waals surface area (Å²) in [5.41, 5.74) is 6.21. The molecule has 0 radical (unpaired) electrons. The lowest BCUT2D eigenvalue weighted by molar-refractivity contribution is 0.0779. The van der Waals surface area contributed by atoms with Crippen LogP contribution in [0.5, 0.6) is 0 Å². The molecular weight excluding hydrogens is 182 g/mol. The molecule has 1 aliphatic rings. The molecule has 78 valence electrons. The van der Waals surface area contributed by atoms with Crippen LogP contribution >= 0.6 is 11.8 Å². The van der Waals surface area contributed by atoms with Crippen LogP contribution in [-0.2, 0) is 4.74 Å². The second-order valence-electron chi connectivity index (χ2n) is 3.97. The first kappa shape index (κ1) is 11.3. The molecule has 2 N–H and O–H groups in total. The predicted octanol–water partition coefficient (Wildman–Crippen LogP) is 2.03. The molecule has 0 heterocycles. The highest BCUT2D eigenvalue weighted by Gasteiger charge is 2.27. The van der Waals surface area contributed by atoms with E-state index < -0.39 is 0 Å². The monoisotopic (exact) mass is 203 g/mol. The van der Waals surface area contributed by atoms with Crippen LogP contribution in [0.25, 0.3) is 0 Å². The standard InChI is InChI=1S/C10H21NOS/c1-13-8-7-12-9-10(11)5-3-2-4-6-10/h2-9,11H2,1H3. The Morgan fingerprint density at radius 2 is 2.00 bits per heavy atom. The van der Waals surface area contributed by atoms with E-state index in [2.05, 4.69) is 6.26 Å². The Morgan fingerprint density at radius 1 is 1.31 bits per heavy atom. The Labute approximate surface area is 85.6 Å². The minimum Gasteiger partial charge on any atom is -0.379 e. The molecule has 0 unspecified atom stereocenters. The third-order valence-corrected chi connectivity index (χ3v) is 3.25. The third kappa shape index (κ3) is 4.34. The summed E-state index contributed by atoms with van der Waals surface area (Å²) in [6.45, 7) is 1.60. The van der Waals surface area contributed by atoms with Gasteiger partial charge in [0.25, 0.3) is 0 Å². The number of thioether (sulfide) groups is 1. The van der Waals surface area contributed by atoms with E-state index in [1.807, 2.05) is 11.8 Å². The van der Waals surface area contributed by atoms with Crippen LogP contribution in [0.1, 0.15) is 32.1 Å². The highest BCUT2D eigenvalue weighted by molar-refractivity contribution is 7.98. The molecule has 1 rings (SSSR count). The fraction of sp³-hybridized carbons (Fsp3) is 1.00. The molecule has 0 spiro atoms. The zero-order chi connectivity index (χ0) is 9.57. The normalized spacial score (nSPS) is 21.7. The van der Waals surface area contributed by atoms with Gasteiger partial charge in [0.15, 0.2) is 0 Å². The number of ether oxygens (including phenoxy) is 1. The lowest BCUT2D eigenvalue weighted by Crippen LogP contribution is -2.46. The highest BCUT2D eigenvalue weighted by atomic mass is 32.2. The summed E-state index contributed by atoms with van der Waals surface area (Å²) >= 11 is 1.82. The molecule has 3 heteroatoms. The van der Waals surface area contributed by atoms with Gasteiger partial charge in [-0.2, -0.15) is 11.8 Å². The largest absolute Gasteiger partial charge is 0.379 e. The fourth-order valence-corrected chi connectivity index (χ4v) is 2.10. The summed E-state index contributed by atoms with van der Waals surface area (Å²) in [5, 5.41) is 0. The van der Waals surface area contributed by atoms with Crippen LogP contribution in [0.15, 0.2) is 0 Å². The topological polar surface area (TPSA) is 35.2 Å². The van der Waals surface area contributed by atoms with Crippen molar-refractivity contribution in [3.63, 3.8) is 0 Å². The Morgan fingerprint density at radius 3 is 2.62 bits per heavy atom. The van der Waals surface area contributed by atoms with Crippen LogP contribution in [-0.4, -0.2) is 30.8 Å². The fourth-order valence-electron chi connectivity index (χ4n) is 1.82. The molecule has 1 fully saturated rings. The molecule has 0 saturated heterocycles. The molecule has 0 atom stereocenters. The second kappa shape index (κ2) is 5.89. The molecule has 13 heavy (non-hydrogen) atoms. The van der Waals surface area contributed by atoms with E-state index in [9.17, 15) is 0 Å². The second-order valence-corrected chi connectivity index (χ2v) is 4.95. The maximum atomic E-state index is 6.21. The predicted molar refractivity (Wildman–Crippen MR) is 59.2 cm³/mol. The van der Waals surface area contributed by atoms with Crippen molar-refractivity contribution in [2.24, 2.45) is 5.73 Å². The maximum Gasteiger partial charge on any atom is 0.0646 e. The quantitative estimate of drug-likeness (QED) is 0.694. The average molecular weight is 203 g/mol. The van der Waals surface area contributed by atoms with Gasteiger partial charge in [-0.05, 0) is 19.1 Å². The molecule has 0 aromatic heterocycles. The smallest absolute Gasteiger partial charge is 0.0646 e. The SMILES string of the molecule is CSCCOCC1(N)CCCCC1. The van der Waals surface area contributed by atoms with E-state index in [0.29, 0.717) is 0 Å². The van der Waals surface area contributed by atoms with Gasteiger partial charge in [-0.15, -0.1) is 0 Å². The van der Waals surface area contributed by atoms with Crippen LogP contribution in [0.3, 0.4) is 0 Å². The van der Waals surface area contributed by atoms with Gasteiger partial charge in [-0.3, -0.25) is 0 Å². The van der Waals surface area contributed by atoms with Crippen molar-refractivity contribution in [3.8, 4) is 0 Å². The zero-order valence-corrected chi connectivity index (χ0v) is 9.37. The van der Waals surface area contributed by atoms with Gasteiger partial charge in [0.1, 0.15) is 0 Å². The van der Waals surface area contributed by atoms with Gasteiger partial charge in [-0.25, -0.2) is 0 Å². The van der Waals surface area contributed by atoms with Gasteiger partial charge in [0, 0.05) is 11.3 Å². The van der Waals surface area contributed by atoms with Crippen molar-refractivity contribution in [2.45, 2.75) is 37.6 Å². The molecule has 0 bridgehead atoms. The van der Waals surface area contributed by atoms with Crippen molar-refractivity contribution in [3.05, 3.63) is 0 Å². The molecule has 2 nitrogen and oxygen atoms in total. The molecule has 1 saturated carbocycles. The third-order valence-electron chi connectivity index (χ3n) is 2.67. The Kier molecular flexibility index (Phi) is 5.14. The van der Waals surface area contributed by atoms with Crippen molar-refractivity contribution in [1.82, 2.24) is 0 Å². The Bertz CT molecular complexity index is 135. The number of hydrogen-bond donors (Lipinski definition) is 1. The number of hydrogen-bond acceptors (Lipinski definition) is 3. The van der Waals surface area contributed by atoms with E-state index >= 15 is 0 Å². The van der Waals surface area contributed by atoms with Gasteiger partial charge >= 0.3 is 0 Å².